The van der Waals surface area contributed by atoms with E-state index in [4.69, 9.17) is 9.16 Å². The van der Waals surface area contributed by atoms with Crippen LogP contribution in [0, 0.1) is 25.2 Å². The number of alkyl halides is 2. The van der Waals surface area contributed by atoms with Gasteiger partial charge in [0.2, 0.25) is 0 Å². The van der Waals surface area contributed by atoms with E-state index < -0.39 is 32.5 Å². The standard InChI is InChI=1S/C58H73F2N7O5Si/c1-36(2)73(37(3)4,38(5)6)72-48-21-19-45(20-22-48)67(52-30-46(32-61)66(40(52)8)56(59)60)55(69)49-31-53(62(12)39(49)7)50-28-42-23-26-64(57(70)71-58(9,10)11)33-44(42)29-51(50)54(68)65-34-43-18-14-13-17-41(43)27-47(65)35-63-24-15-16-25-63/h13-14,17-22,28-31,36-38,47,56H,15-16,23-27,33-35H2,1-12H3/t47-/m0/s1. The Kier molecular flexibility index (Phi) is 15.2. The second-order valence-corrected chi connectivity index (χ2v) is 27.7. The van der Waals surface area contributed by atoms with Crippen molar-refractivity contribution in [1.82, 2.24) is 23.8 Å². The molecule has 0 unspecified atom stereocenters. The lowest BCUT2D eigenvalue weighted by Gasteiger charge is -2.42. The fourth-order valence-corrected chi connectivity index (χ4v) is 17.2. The summed E-state index contributed by atoms with van der Waals surface area (Å²) in [6.07, 6.45) is 3.06. The maximum Gasteiger partial charge on any atom is 0.410 e. The zero-order chi connectivity index (χ0) is 52.8. The summed E-state index contributed by atoms with van der Waals surface area (Å²) >= 11 is 0. The first-order valence-electron chi connectivity index (χ1n) is 26.0. The number of anilines is 2. The molecule has 388 valence electrons. The van der Waals surface area contributed by atoms with Crippen LogP contribution in [0.1, 0.15) is 142 Å². The van der Waals surface area contributed by atoms with E-state index in [-0.39, 0.29) is 41.1 Å². The number of ether oxygens (including phenoxy) is 1. The molecule has 2 aromatic heterocycles. The molecular formula is C58H73F2N7O5Si. The molecule has 15 heteroatoms. The Morgan fingerprint density at radius 3 is 2.04 bits per heavy atom. The summed E-state index contributed by atoms with van der Waals surface area (Å²) in [5.41, 5.74) is 7.33. The van der Waals surface area contributed by atoms with Gasteiger partial charge in [-0.25, -0.2) is 4.79 Å². The van der Waals surface area contributed by atoms with Crippen LogP contribution in [0.2, 0.25) is 16.6 Å². The van der Waals surface area contributed by atoms with Crippen molar-refractivity contribution in [2.24, 2.45) is 7.05 Å². The first kappa shape index (κ1) is 53.1. The van der Waals surface area contributed by atoms with E-state index in [0.717, 1.165) is 49.2 Å². The van der Waals surface area contributed by atoms with E-state index in [2.05, 4.69) is 64.6 Å². The molecule has 73 heavy (non-hydrogen) atoms. The molecule has 0 spiro atoms. The molecule has 0 saturated carbocycles. The number of nitriles is 1. The van der Waals surface area contributed by atoms with Crippen molar-refractivity contribution in [2.45, 2.75) is 150 Å². The molecule has 3 aliphatic rings. The summed E-state index contributed by atoms with van der Waals surface area (Å²) in [4.78, 5) is 52.3. The predicted molar refractivity (Wildman–Crippen MR) is 285 cm³/mol. The molecule has 1 fully saturated rings. The summed E-state index contributed by atoms with van der Waals surface area (Å²) < 4.78 is 44.8. The highest BCUT2D eigenvalue weighted by atomic mass is 28.4. The van der Waals surface area contributed by atoms with Crippen molar-refractivity contribution in [1.29, 1.82) is 5.26 Å². The lowest BCUT2D eigenvalue weighted by molar-refractivity contribution is 0.0223. The van der Waals surface area contributed by atoms with Crippen molar-refractivity contribution < 1.29 is 32.3 Å². The number of rotatable bonds is 13. The number of likely N-dealkylation sites (tertiary alicyclic amines) is 1. The number of carbonyl (C=O) groups is 3. The number of carbonyl (C=O) groups excluding carboxylic acids is 3. The maximum atomic E-state index is 15.7. The van der Waals surface area contributed by atoms with Crippen LogP contribution in [0.25, 0.3) is 11.3 Å². The number of hydrogen-bond acceptors (Lipinski definition) is 7. The molecule has 5 aromatic rings. The molecule has 0 bridgehead atoms. The number of halogens is 2. The fraction of sp³-hybridized carbons (Fsp3) is 0.483. The van der Waals surface area contributed by atoms with Gasteiger partial charge in [0.05, 0.1) is 11.3 Å². The zero-order valence-electron chi connectivity index (χ0n) is 44.8. The Bertz CT molecular complexity index is 2900. The Morgan fingerprint density at radius 2 is 1.45 bits per heavy atom. The van der Waals surface area contributed by atoms with Crippen molar-refractivity contribution >= 4 is 37.6 Å². The number of amides is 3. The Labute approximate surface area is 431 Å². The van der Waals surface area contributed by atoms with Gasteiger partial charge in [-0.15, -0.1) is 0 Å². The molecule has 1 atom stereocenters. The number of benzene rings is 3. The number of hydrogen-bond donors (Lipinski definition) is 0. The third kappa shape index (κ3) is 10.3. The summed E-state index contributed by atoms with van der Waals surface area (Å²) in [5.74, 6) is 0.0174. The first-order valence-corrected chi connectivity index (χ1v) is 28.1. The zero-order valence-corrected chi connectivity index (χ0v) is 45.8. The minimum absolute atomic E-state index is 0.0504. The van der Waals surface area contributed by atoms with Gasteiger partial charge in [-0.2, -0.15) is 14.0 Å². The van der Waals surface area contributed by atoms with E-state index in [1.54, 1.807) is 23.1 Å². The van der Waals surface area contributed by atoms with Gasteiger partial charge in [0.1, 0.15) is 23.1 Å². The van der Waals surface area contributed by atoms with Crippen LogP contribution in [0.3, 0.4) is 0 Å². The van der Waals surface area contributed by atoms with E-state index in [1.807, 2.05) is 80.6 Å². The smallest absolute Gasteiger partial charge is 0.410 e. The van der Waals surface area contributed by atoms with Gasteiger partial charge >= 0.3 is 12.6 Å². The van der Waals surface area contributed by atoms with E-state index >= 15 is 9.59 Å². The Hall–Kier alpha value is -6.24. The van der Waals surface area contributed by atoms with Crippen molar-refractivity contribution in [3.8, 4) is 23.1 Å². The monoisotopic (exact) mass is 1010 g/mol. The first-order chi connectivity index (χ1) is 34.5. The summed E-state index contributed by atoms with van der Waals surface area (Å²) in [5, 5.41) is 10.1. The van der Waals surface area contributed by atoms with Gasteiger partial charge in [-0.05, 0) is 161 Å². The van der Waals surface area contributed by atoms with Gasteiger partial charge in [0.25, 0.3) is 20.1 Å². The minimum Gasteiger partial charge on any atom is -0.543 e. The molecular weight excluding hydrogens is 941 g/mol. The molecule has 3 aromatic carbocycles. The van der Waals surface area contributed by atoms with Crippen molar-refractivity contribution in [2.75, 3.05) is 31.1 Å². The molecule has 3 amide bonds. The highest BCUT2D eigenvalue weighted by Crippen LogP contribution is 2.44. The molecule has 8 rings (SSSR count). The van der Waals surface area contributed by atoms with Crippen LogP contribution in [0.5, 0.6) is 5.75 Å². The molecule has 1 saturated heterocycles. The van der Waals surface area contributed by atoms with E-state index in [0.29, 0.717) is 81.1 Å². The lowest BCUT2D eigenvalue weighted by atomic mass is 9.89. The highest BCUT2D eigenvalue weighted by Gasteiger charge is 2.47. The largest absolute Gasteiger partial charge is 0.543 e. The summed E-state index contributed by atoms with van der Waals surface area (Å²) in [6, 6.07) is 24.5. The molecule has 12 nitrogen and oxygen atoms in total. The van der Waals surface area contributed by atoms with Crippen LogP contribution in [-0.2, 0) is 37.7 Å². The van der Waals surface area contributed by atoms with Gasteiger partial charge in [-0.1, -0.05) is 65.8 Å². The van der Waals surface area contributed by atoms with Crippen LogP contribution >= 0.6 is 0 Å². The van der Waals surface area contributed by atoms with Crippen molar-refractivity contribution in [3.63, 3.8) is 0 Å². The van der Waals surface area contributed by atoms with Gasteiger partial charge in [0.15, 0.2) is 0 Å². The third-order valence-corrected chi connectivity index (χ3v) is 21.7. The number of nitrogens with zero attached hydrogens (tertiary/aromatic N) is 7. The van der Waals surface area contributed by atoms with Crippen LogP contribution in [0.15, 0.2) is 72.8 Å². The summed E-state index contributed by atoms with van der Waals surface area (Å²) in [6.45, 7) is 22.9. The van der Waals surface area contributed by atoms with Crippen LogP contribution in [-0.4, -0.2) is 87.9 Å². The average Bonchev–Trinajstić information content (AvgIpc) is 4.06. The normalized spacial score (nSPS) is 16.3. The van der Waals surface area contributed by atoms with Crippen LogP contribution in [0.4, 0.5) is 25.0 Å². The van der Waals surface area contributed by atoms with Crippen molar-refractivity contribution in [3.05, 3.63) is 123 Å². The molecule has 3 aliphatic heterocycles. The second kappa shape index (κ2) is 20.9. The van der Waals surface area contributed by atoms with Gasteiger partial charge in [-0.3, -0.25) is 19.1 Å². The number of fused-ring (bicyclic) bond motifs is 2. The highest BCUT2D eigenvalue weighted by molar-refractivity contribution is 6.78. The third-order valence-electron chi connectivity index (χ3n) is 15.7. The second-order valence-electron chi connectivity index (χ2n) is 22.3. The quantitative estimate of drug-likeness (QED) is 0.108. The van der Waals surface area contributed by atoms with E-state index in [9.17, 15) is 18.8 Å². The minimum atomic E-state index is -3.03. The van der Waals surface area contributed by atoms with Crippen LogP contribution < -0.4 is 9.33 Å². The maximum absolute atomic E-state index is 15.7. The Morgan fingerprint density at radius 1 is 0.808 bits per heavy atom. The fourth-order valence-electron chi connectivity index (χ4n) is 11.9. The lowest BCUT2D eigenvalue weighted by Crippen LogP contribution is -2.50. The predicted octanol–water partition coefficient (Wildman–Crippen LogP) is 12.9. The topological polar surface area (TPSA) is 116 Å². The van der Waals surface area contributed by atoms with E-state index in [1.165, 1.54) is 23.5 Å². The SMILES string of the molecule is Cc1c(C(=O)N(c2ccc(O[Si](C(C)C)(C(C)C)C(C)C)cc2)c2cc(C#N)n(C(F)F)c2C)cc(-c2cc3c(cc2C(=O)N2Cc4ccccc4C[C@H]2CN2CCCC2)CN(C(=O)OC(C)(C)C)CC3)n1C. The Balaban J connectivity index is 1.25. The van der Waals surface area contributed by atoms with Gasteiger partial charge in [0, 0.05) is 73.2 Å². The molecule has 5 heterocycles. The molecule has 0 aliphatic carbocycles. The number of aromatic nitrogens is 2. The summed E-state index contributed by atoms with van der Waals surface area (Å²) in [7, 11) is -0.498. The molecule has 0 radical (unpaired) electrons. The van der Waals surface area contributed by atoms with Gasteiger partial charge < -0.3 is 28.4 Å². The average molecular weight is 1010 g/mol. The molecule has 0 N–H and O–H groups in total.